The molecule has 0 aliphatic heterocycles. The van der Waals surface area contributed by atoms with Crippen molar-refractivity contribution in [3.05, 3.63) is 0 Å². The monoisotopic (exact) mass is 214 g/mol. The van der Waals surface area contributed by atoms with Crippen molar-refractivity contribution in [2.24, 2.45) is 0 Å². The Morgan fingerprint density at radius 3 is 1.30 bits per heavy atom. The topological polar surface area (TPSA) is 112 Å². The van der Waals surface area contributed by atoms with Gasteiger partial charge in [-0.15, -0.1) is 0 Å². The minimum absolute atomic E-state index is 0. The van der Waals surface area contributed by atoms with Crippen LogP contribution in [0.4, 0.5) is 0 Å². The smallest absolute Gasteiger partial charge is 0.394 e. The van der Waals surface area contributed by atoms with E-state index in [1.54, 1.807) is 0 Å². The zero-order valence-electron chi connectivity index (χ0n) is 4.83. The summed E-state index contributed by atoms with van der Waals surface area (Å²) in [6.45, 7) is 1.08. The molecule has 8 heteroatoms. The van der Waals surface area contributed by atoms with E-state index in [0.717, 1.165) is 6.92 Å². The molecule has 3 N–H and O–H groups in total. The van der Waals surface area contributed by atoms with Gasteiger partial charge in [-0.1, -0.05) is 0 Å². The molecular formula is C2H6FeO6S. The fourth-order valence-corrected chi connectivity index (χ4v) is 0. The predicted octanol–water partition coefficient (Wildman–Crippen LogP) is -0.564. The molecule has 0 unspecified atom stereocenters. The molecule has 10 heavy (non-hydrogen) atoms. The Bertz CT molecular complexity index is 158. The Balaban J connectivity index is -0.0000000910. The van der Waals surface area contributed by atoms with E-state index >= 15 is 0 Å². The van der Waals surface area contributed by atoms with Crippen molar-refractivity contribution in [3.63, 3.8) is 0 Å². The van der Waals surface area contributed by atoms with Gasteiger partial charge in [0.2, 0.25) is 0 Å². The van der Waals surface area contributed by atoms with Crippen molar-refractivity contribution in [1.29, 1.82) is 0 Å². The molecule has 6 nitrogen and oxygen atoms in total. The molecule has 0 saturated carbocycles. The van der Waals surface area contributed by atoms with E-state index in [9.17, 15) is 0 Å². The number of carboxylic acids is 1. The first-order valence-electron chi connectivity index (χ1n) is 1.63. The molecular weight excluding hydrogens is 208 g/mol. The number of aliphatic carboxylic acids is 1. The summed E-state index contributed by atoms with van der Waals surface area (Å²) in [5, 5.41) is 7.42. The van der Waals surface area contributed by atoms with Crippen LogP contribution in [-0.2, 0) is 32.3 Å². The average Bonchev–Trinajstić information content (AvgIpc) is 1.19. The second-order valence-electron chi connectivity index (χ2n) is 0.967. The molecule has 0 atom stereocenters. The number of carbonyl (C=O) groups is 1. The van der Waals surface area contributed by atoms with Crippen LogP contribution in [0.15, 0.2) is 0 Å². The molecule has 0 aromatic carbocycles. The summed E-state index contributed by atoms with van der Waals surface area (Å²) in [6, 6.07) is 0. The van der Waals surface area contributed by atoms with E-state index in [-0.39, 0.29) is 17.1 Å². The third-order valence-corrected chi connectivity index (χ3v) is 0. The maximum atomic E-state index is 9.00. The summed E-state index contributed by atoms with van der Waals surface area (Å²) in [7, 11) is -4.67. The van der Waals surface area contributed by atoms with Crippen molar-refractivity contribution >= 4 is 16.4 Å². The van der Waals surface area contributed by atoms with Gasteiger partial charge < -0.3 is 5.11 Å². The first-order valence-corrected chi connectivity index (χ1v) is 3.02. The average molecular weight is 214 g/mol. The van der Waals surface area contributed by atoms with Crippen LogP contribution in [0.2, 0.25) is 0 Å². The summed E-state index contributed by atoms with van der Waals surface area (Å²) < 4.78 is 31.6. The molecule has 0 aliphatic rings. The van der Waals surface area contributed by atoms with Gasteiger partial charge in [0.15, 0.2) is 0 Å². The number of rotatable bonds is 0. The van der Waals surface area contributed by atoms with Crippen LogP contribution in [0.25, 0.3) is 0 Å². The molecule has 0 aromatic rings. The molecule has 0 saturated heterocycles. The Hall–Kier alpha value is -0.141. The molecule has 64 valence electrons. The SMILES string of the molecule is CC(=O)O.O=S(=O)(O)O.[Fe]. The van der Waals surface area contributed by atoms with E-state index in [1.807, 2.05) is 0 Å². The van der Waals surface area contributed by atoms with Crippen LogP contribution >= 0.6 is 0 Å². The largest absolute Gasteiger partial charge is 0.481 e. The van der Waals surface area contributed by atoms with Crippen molar-refractivity contribution < 1.29 is 44.5 Å². The minimum Gasteiger partial charge on any atom is -0.481 e. The van der Waals surface area contributed by atoms with Crippen molar-refractivity contribution in [2.75, 3.05) is 0 Å². The van der Waals surface area contributed by atoms with E-state index in [0.29, 0.717) is 0 Å². The Labute approximate surface area is 68.3 Å². The number of hydrogen-bond acceptors (Lipinski definition) is 3. The van der Waals surface area contributed by atoms with Gasteiger partial charge in [-0.05, 0) is 0 Å². The summed E-state index contributed by atoms with van der Waals surface area (Å²) in [5.41, 5.74) is 0. The van der Waals surface area contributed by atoms with Crippen LogP contribution in [0, 0.1) is 0 Å². The molecule has 0 aromatic heterocycles. The van der Waals surface area contributed by atoms with Crippen LogP contribution < -0.4 is 0 Å². The molecule has 0 fully saturated rings. The standard InChI is InChI=1S/C2H4O2.Fe.H2O4S/c1-2(3)4;;1-5(2,3)4/h1H3,(H,3,4);;(H2,1,2,3,4). The normalized spacial score (nSPS) is 8.30. The first-order chi connectivity index (χ1) is 3.73. The van der Waals surface area contributed by atoms with Crippen molar-refractivity contribution in [1.82, 2.24) is 0 Å². The van der Waals surface area contributed by atoms with Gasteiger partial charge in [0, 0.05) is 24.0 Å². The van der Waals surface area contributed by atoms with Crippen LogP contribution in [0.3, 0.4) is 0 Å². The first kappa shape index (κ1) is 16.4. The predicted molar refractivity (Wildman–Crippen MR) is 27.5 cm³/mol. The van der Waals surface area contributed by atoms with E-state index in [1.165, 1.54) is 0 Å². The molecule has 0 rings (SSSR count). The minimum atomic E-state index is -4.67. The summed E-state index contributed by atoms with van der Waals surface area (Å²) in [6.07, 6.45) is 0. The van der Waals surface area contributed by atoms with Crippen molar-refractivity contribution in [2.45, 2.75) is 6.92 Å². The summed E-state index contributed by atoms with van der Waals surface area (Å²) >= 11 is 0. The maximum Gasteiger partial charge on any atom is 0.394 e. The fraction of sp³-hybridized carbons (Fsp3) is 0.500. The van der Waals surface area contributed by atoms with Crippen LogP contribution in [-0.4, -0.2) is 28.6 Å². The van der Waals surface area contributed by atoms with Gasteiger partial charge >= 0.3 is 10.4 Å². The maximum absolute atomic E-state index is 9.00. The number of hydrogen-bond donors (Lipinski definition) is 3. The Morgan fingerprint density at radius 2 is 1.30 bits per heavy atom. The van der Waals surface area contributed by atoms with Gasteiger partial charge in [0.25, 0.3) is 5.97 Å². The molecule has 0 bridgehead atoms. The van der Waals surface area contributed by atoms with Gasteiger partial charge in [0.1, 0.15) is 0 Å². The Kier molecular flexibility index (Phi) is 11.5. The molecule has 0 amide bonds. The van der Waals surface area contributed by atoms with Gasteiger partial charge in [-0.3, -0.25) is 13.9 Å². The Morgan fingerprint density at radius 1 is 1.30 bits per heavy atom. The van der Waals surface area contributed by atoms with Gasteiger partial charge in [0.05, 0.1) is 0 Å². The second-order valence-corrected chi connectivity index (χ2v) is 1.86. The second kappa shape index (κ2) is 6.97. The van der Waals surface area contributed by atoms with Crippen molar-refractivity contribution in [3.8, 4) is 0 Å². The zero-order valence-corrected chi connectivity index (χ0v) is 6.75. The van der Waals surface area contributed by atoms with E-state index in [2.05, 4.69) is 0 Å². The van der Waals surface area contributed by atoms with E-state index < -0.39 is 16.4 Å². The van der Waals surface area contributed by atoms with Crippen LogP contribution in [0.1, 0.15) is 6.92 Å². The van der Waals surface area contributed by atoms with Gasteiger partial charge in [-0.2, -0.15) is 8.42 Å². The zero-order chi connectivity index (χ0) is 8.08. The third kappa shape index (κ3) is 18700. The molecule has 0 heterocycles. The van der Waals surface area contributed by atoms with Crippen LogP contribution in [0.5, 0.6) is 0 Å². The summed E-state index contributed by atoms with van der Waals surface area (Å²) in [5.74, 6) is -0.833. The fourth-order valence-electron chi connectivity index (χ4n) is 0. The van der Waals surface area contributed by atoms with E-state index in [4.69, 9.17) is 27.4 Å². The summed E-state index contributed by atoms with van der Waals surface area (Å²) in [4.78, 5) is 9.00. The third-order valence-electron chi connectivity index (χ3n) is 0. The number of carboxylic acid groups (broad SMARTS) is 1. The molecule has 0 radical (unpaired) electrons. The quantitative estimate of drug-likeness (QED) is 0.368. The molecule has 0 spiro atoms. The van der Waals surface area contributed by atoms with Gasteiger partial charge in [-0.25, -0.2) is 0 Å². The molecule has 0 aliphatic carbocycles.